The van der Waals surface area contributed by atoms with Crippen LogP contribution in [0.2, 0.25) is 10.2 Å². The number of diazo groups is 1. The molecule has 82 valence electrons. The molecule has 1 aromatic heterocycles. The van der Waals surface area contributed by atoms with E-state index in [9.17, 15) is 17.3 Å². The Hall–Kier alpha value is -1.07. The molecule has 0 aliphatic rings. The van der Waals surface area contributed by atoms with Gasteiger partial charge in [-0.3, -0.25) is 0 Å². The molecule has 0 amide bonds. The molecule has 3 nitrogen and oxygen atoms in total. The Balaban J connectivity index is 0.000000336. The first kappa shape index (κ1) is 13.9. The van der Waals surface area contributed by atoms with Crippen LogP contribution in [0.25, 0.3) is 4.98 Å². The predicted molar refractivity (Wildman–Crippen MR) is 49.2 cm³/mol. The molecule has 10 heteroatoms. The fourth-order valence-corrected chi connectivity index (χ4v) is 0.730. The van der Waals surface area contributed by atoms with Crippen molar-refractivity contribution in [3.63, 3.8) is 0 Å². The molecule has 1 rings (SSSR count). The zero-order chi connectivity index (χ0) is 12.1. The van der Waals surface area contributed by atoms with Gasteiger partial charge in [0, 0.05) is 0 Å². The molecule has 0 radical (unpaired) electrons. The standard InChI is InChI=1S/C5H2Cl2N3.BF4/c6-4-1-3(10-8)2-9-5(4)7;2-1(3,4)5/h1-2H;/q+1;-1. The van der Waals surface area contributed by atoms with Gasteiger partial charge >= 0.3 is 12.9 Å². The van der Waals surface area contributed by atoms with Crippen LogP contribution in [-0.4, -0.2) is 12.2 Å². The minimum atomic E-state index is -6.00. The van der Waals surface area contributed by atoms with E-state index in [1.54, 1.807) is 0 Å². The second kappa shape index (κ2) is 5.73. The lowest BCUT2D eigenvalue weighted by Gasteiger charge is -1.94. The summed E-state index contributed by atoms with van der Waals surface area (Å²) in [5.41, 5.74) is 0.286. The van der Waals surface area contributed by atoms with Gasteiger partial charge in [-0.15, -0.1) is 0 Å². The van der Waals surface area contributed by atoms with Gasteiger partial charge in [-0.25, -0.2) is 4.98 Å². The Morgan fingerprint density at radius 1 is 1.27 bits per heavy atom. The van der Waals surface area contributed by atoms with Crippen LogP contribution in [0.4, 0.5) is 23.0 Å². The monoisotopic (exact) mass is 261 g/mol. The number of hydrogen-bond donors (Lipinski definition) is 0. The summed E-state index contributed by atoms with van der Waals surface area (Å²) in [6.07, 6.45) is 1.31. The normalized spacial score (nSPS) is 9.93. The second-order valence-electron chi connectivity index (χ2n) is 2.06. The number of nitrogens with zero attached hydrogens (tertiary/aromatic N) is 3. The number of pyridine rings is 1. The van der Waals surface area contributed by atoms with E-state index in [0.29, 0.717) is 0 Å². The van der Waals surface area contributed by atoms with Crippen LogP contribution in [0, 0.1) is 5.39 Å². The largest absolute Gasteiger partial charge is 0.673 e. The highest BCUT2D eigenvalue weighted by molar-refractivity contribution is 6.50. The van der Waals surface area contributed by atoms with Crippen molar-refractivity contribution in [2.75, 3.05) is 0 Å². The molecular formula is C5H2BCl2F4N3. The van der Waals surface area contributed by atoms with Crippen molar-refractivity contribution in [3.05, 3.63) is 27.4 Å². The summed E-state index contributed by atoms with van der Waals surface area (Å²) in [6, 6.07) is 1.41. The van der Waals surface area contributed by atoms with Crippen LogP contribution >= 0.6 is 23.2 Å². The first-order valence-corrected chi connectivity index (χ1v) is 4.03. The maximum absolute atomic E-state index is 9.75. The predicted octanol–water partition coefficient (Wildman–Crippen LogP) is 4.17. The first-order chi connectivity index (χ1) is 6.74. The first-order valence-electron chi connectivity index (χ1n) is 3.27. The quantitative estimate of drug-likeness (QED) is 0.304. The van der Waals surface area contributed by atoms with Gasteiger partial charge in [0.1, 0.15) is 11.3 Å². The molecule has 0 saturated carbocycles. The number of aromatic nitrogens is 1. The summed E-state index contributed by atoms with van der Waals surface area (Å²) in [5.74, 6) is 0. The zero-order valence-corrected chi connectivity index (χ0v) is 8.35. The van der Waals surface area contributed by atoms with Crippen molar-refractivity contribution < 1.29 is 17.3 Å². The molecule has 0 atom stereocenters. The third kappa shape index (κ3) is 7.97. The summed E-state index contributed by atoms with van der Waals surface area (Å²) in [6.45, 7) is 0. The Kier molecular flexibility index (Phi) is 5.32. The van der Waals surface area contributed by atoms with Crippen molar-refractivity contribution >= 4 is 36.1 Å². The van der Waals surface area contributed by atoms with Gasteiger partial charge in [-0.2, -0.15) is 0 Å². The molecule has 1 heterocycles. The van der Waals surface area contributed by atoms with Crippen LogP contribution in [0.1, 0.15) is 0 Å². The summed E-state index contributed by atoms with van der Waals surface area (Å²) in [7, 11) is -6.00. The maximum Gasteiger partial charge on any atom is 0.673 e. The van der Waals surface area contributed by atoms with Gasteiger partial charge in [0.15, 0.2) is 4.98 Å². The molecule has 0 fully saturated rings. The average Bonchev–Trinajstić information content (AvgIpc) is 2.07. The van der Waals surface area contributed by atoms with Crippen LogP contribution in [-0.2, 0) is 0 Å². The third-order valence-corrected chi connectivity index (χ3v) is 1.58. The fourth-order valence-electron chi connectivity index (χ4n) is 0.466. The highest BCUT2D eigenvalue weighted by atomic mass is 35.5. The summed E-state index contributed by atoms with van der Waals surface area (Å²) < 4.78 is 39.0. The van der Waals surface area contributed by atoms with E-state index >= 15 is 0 Å². The van der Waals surface area contributed by atoms with E-state index < -0.39 is 7.25 Å². The molecule has 0 saturated heterocycles. The summed E-state index contributed by atoms with van der Waals surface area (Å²) >= 11 is 11.0. The van der Waals surface area contributed by atoms with Crippen molar-refractivity contribution in [2.45, 2.75) is 0 Å². The SMILES string of the molecule is F[B-](F)(F)F.N#[N+]c1cnc(Cl)c(Cl)c1. The van der Waals surface area contributed by atoms with Crippen molar-refractivity contribution in [1.82, 2.24) is 4.98 Å². The molecule has 0 bridgehead atoms. The third-order valence-electron chi connectivity index (χ3n) is 0.897. The summed E-state index contributed by atoms with van der Waals surface area (Å²) in [5, 5.41) is 8.71. The highest BCUT2D eigenvalue weighted by Crippen LogP contribution is 2.23. The van der Waals surface area contributed by atoms with Gasteiger partial charge in [0.25, 0.3) is 0 Å². The van der Waals surface area contributed by atoms with Gasteiger partial charge < -0.3 is 17.3 Å². The van der Waals surface area contributed by atoms with E-state index in [0.717, 1.165) is 0 Å². The Morgan fingerprint density at radius 2 is 1.73 bits per heavy atom. The van der Waals surface area contributed by atoms with Crippen molar-refractivity contribution in [2.24, 2.45) is 0 Å². The van der Waals surface area contributed by atoms with Gasteiger partial charge in [0.05, 0.1) is 11.1 Å². The number of hydrogen-bond acceptors (Lipinski definition) is 2. The second-order valence-corrected chi connectivity index (χ2v) is 2.83. The Labute approximate surface area is 91.7 Å². The molecular weight excluding hydrogens is 260 g/mol. The minimum Gasteiger partial charge on any atom is -0.418 e. The van der Waals surface area contributed by atoms with Crippen LogP contribution in [0.3, 0.4) is 0 Å². The lowest BCUT2D eigenvalue weighted by Crippen LogP contribution is -2.02. The molecule has 0 spiro atoms. The zero-order valence-electron chi connectivity index (χ0n) is 6.84. The van der Waals surface area contributed by atoms with E-state index in [1.807, 2.05) is 0 Å². The molecule has 0 aliphatic carbocycles. The van der Waals surface area contributed by atoms with E-state index in [4.69, 9.17) is 28.6 Å². The van der Waals surface area contributed by atoms with Crippen LogP contribution in [0.5, 0.6) is 0 Å². The molecule has 0 N–H and O–H groups in total. The van der Waals surface area contributed by atoms with Gasteiger partial charge in [0.2, 0.25) is 5.39 Å². The van der Waals surface area contributed by atoms with E-state index in [1.165, 1.54) is 12.3 Å². The van der Waals surface area contributed by atoms with E-state index in [-0.39, 0.29) is 15.9 Å². The topological polar surface area (TPSA) is 41.0 Å². The molecule has 0 unspecified atom stereocenters. The molecule has 1 aromatic rings. The Bertz CT molecular complexity index is 372. The fraction of sp³-hybridized carbons (Fsp3) is 0. The van der Waals surface area contributed by atoms with Gasteiger partial charge in [-0.1, -0.05) is 23.2 Å². The minimum absolute atomic E-state index is 0.203. The lowest BCUT2D eigenvalue weighted by molar-refractivity contribution is 0.368. The highest BCUT2D eigenvalue weighted by Gasteiger charge is 2.20. The maximum atomic E-state index is 9.75. The molecule has 15 heavy (non-hydrogen) atoms. The number of rotatable bonds is 0. The van der Waals surface area contributed by atoms with Crippen LogP contribution < -0.4 is 0 Å². The molecule has 0 aliphatic heterocycles. The van der Waals surface area contributed by atoms with Gasteiger partial charge in [-0.05, 0) is 0 Å². The Morgan fingerprint density at radius 3 is 2.07 bits per heavy atom. The van der Waals surface area contributed by atoms with Crippen molar-refractivity contribution in [1.29, 1.82) is 5.39 Å². The van der Waals surface area contributed by atoms with E-state index in [2.05, 4.69) is 9.96 Å². The molecule has 0 aromatic carbocycles. The van der Waals surface area contributed by atoms with Crippen molar-refractivity contribution in [3.8, 4) is 0 Å². The van der Waals surface area contributed by atoms with Crippen LogP contribution in [0.15, 0.2) is 12.3 Å². The average molecular weight is 262 g/mol. The summed E-state index contributed by atoms with van der Waals surface area (Å²) in [4.78, 5) is 6.50. The number of halogens is 6. The smallest absolute Gasteiger partial charge is 0.418 e. The lowest BCUT2D eigenvalue weighted by atomic mass is 10.3.